The van der Waals surface area contributed by atoms with Crippen molar-refractivity contribution in [3.8, 4) is 22.3 Å². The van der Waals surface area contributed by atoms with Gasteiger partial charge in [0.25, 0.3) is 0 Å². The van der Waals surface area contributed by atoms with Crippen molar-refractivity contribution in [1.29, 1.82) is 0 Å². The molecule has 0 spiro atoms. The predicted octanol–water partition coefficient (Wildman–Crippen LogP) is 13.4. The molecule has 4 heteroatoms. The fraction of sp³-hybridized carbons (Fsp3) is 0.417. The summed E-state index contributed by atoms with van der Waals surface area (Å²) in [5.41, 5.74) is 14.3. The van der Waals surface area contributed by atoms with Gasteiger partial charge < -0.3 is 0 Å². The first-order valence-corrected chi connectivity index (χ1v) is 41.2. The summed E-state index contributed by atoms with van der Waals surface area (Å²) in [5.74, 6) is 0. The van der Waals surface area contributed by atoms with Gasteiger partial charge in [-0.05, 0) is 0 Å². The van der Waals surface area contributed by atoms with E-state index in [1.165, 1.54) is 73.6 Å². The fourth-order valence-corrected chi connectivity index (χ4v) is 48.6. The molecule has 0 bridgehead atoms. The Morgan fingerprint density at radius 1 is 0.500 bits per heavy atom. The molecule has 9 rings (SSSR count). The second-order valence-corrected chi connectivity index (χ2v) is 51.9. The zero-order valence-corrected chi connectivity index (χ0v) is 39.8. The molecule has 0 radical (unpaired) electrons. The molecule has 0 amide bonds. The van der Waals surface area contributed by atoms with Crippen LogP contribution in [0.2, 0.25) is 59.7 Å². The van der Waals surface area contributed by atoms with Crippen LogP contribution in [0.3, 0.4) is 0 Å². The molecule has 0 N–H and O–H groups in total. The normalized spacial score (nSPS) is 23.5. The van der Waals surface area contributed by atoms with Crippen LogP contribution in [0.4, 0.5) is 0 Å². The molecular weight excluding hydrogens is 839 g/mol. The van der Waals surface area contributed by atoms with Gasteiger partial charge in [-0.15, -0.1) is 0 Å². The third kappa shape index (κ3) is 5.38. The summed E-state index contributed by atoms with van der Waals surface area (Å²) in [6, 6.07) is 34.7. The quantitative estimate of drug-likeness (QED) is 0.169. The Balaban J connectivity index is 1.27. The van der Waals surface area contributed by atoms with Crippen molar-refractivity contribution in [3.63, 3.8) is 0 Å². The Labute approximate surface area is 322 Å². The van der Waals surface area contributed by atoms with Gasteiger partial charge in [0.2, 0.25) is 0 Å². The second kappa shape index (κ2) is 12.7. The van der Waals surface area contributed by atoms with Gasteiger partial charge in [0, 0.05) is 0 Å². The molecule has 1 saturated heterocycles. The first-order valence-electron chi connectivity index (χ1n) is 20.7. The first-order chi connectivity index (χ1) is 24.8. The fourth-order valence-electron chi connectivity index (χ4n) is 12.3. The van der Waals surface area contributed by atoms with Gasteiger partial charge in [0.15, 0.2) is 0 Å². The summed E-state index contributed by atoms with van der Waals surface area (Å²) in [6.07, 6.45) is 17.5. The van der Waals surface area contributed by atoms with Gasteiger partial charge in [-0.3, -0.25) is 0 Å². The van der Waals surface area contributed by atoms with Gasteiger partial charge in [-0.25, -0.2) is 0 Å². The zero-order chi connectivity index (χ0) is 36.2. The van der Waals surface area contributed by atoms with Crippen LogP contribution >= 0.6 is 0 Å². The summed E-state index contributed by atoms with van der Waals surface area (Å²) < 4.78 is 7.20. The van der Waals surface area contributed by atoms with E-state index in [0.29, 0.717) is 7.35 Å². The topological polar surface area (TPSA) is 0 Å². The Kier molecular flexibility index (Phi) is 8.70. The van der Waals surface area contributed by atoms with Crippen molar-refractivity contribution in [2.45, 2.75) is 118 Å². The van der Waals surface area contributed by atoms with Crippen LogP contribution in [-0.2, 0) is 20.0 Å². The predicted molar refractivity (Wildman–Crippen MR) is 233 cm³/mol. The van der Waals surface area contributed by atoms with Crippen LogP contribution in [-0.4, -0.2) is 24.2 Å². The molecule has 4 aliphatic carbocycles. The maximum absolute atomic E-state index is 3.17. The van der Waals surface area contributed by atoms with Crippen LogP contribution in [0.5, 0.6) is 0 Å². The number of fused-ring (bicyclic) bond motifs is 6. The zero-order valence-electron chi connectivity index (χ0n) is 33.2. The molecule has 2 saturated carbocycles. The summed E-state index contributed by atoms with van der Waals surface area (Å²) in [7, 11) is -4.79. The summed E-state index contributed by atoms with van der Waals surface area (Å²) >= 11 is -3.17. The van der Waals surface area contributed by atoms with E-state index in [2.05, 4.69) is 146 Å². The van der Waals surface area contributed by atoms with E-state index in [-0.39, 0.29) is 0 Å². The van der Waals surface area contributed by atoms with E-state index in [4.69, 9.17) is 0 Å². The molecule has 4 aromatic carbocycles. The van der Waals surface area contributed by atoms with Crippen molar-refractivity contribution in [2.75, 3.05) is 0 Å². The van der Waals surface area contributed by atoms with Crippen molar-refractivity contribution in [3.05, 3.63) is 118 Å². The third-order valence-electron chi connectivity index (χ3n) is 14.7. The van der Waals surface area contributed by atoms with Crippen molar-refractivity contribution < 1.29 is 20.0 Å². The van der Waals surface area contributed by atoms with Crippen LogP contribution < -0.4 is 10.4 Å². The molecule has 5 aliphatic rings. The van der Waals surface area contributed by atoms with E-state index in [1.807, 2.05) is 10.4 Å². The molecule has 1 aliphatic heterocycles. The van der Waals surface area contributed by atoms with Crippen LogP contribution in [0, 0.1) is 0 Å². The molecule has 0 nitrogen and oxygen atoms in total. The summed E-state index contributed by atoms with van der Waals surface area (Å²) in [4.78, 5) is 0. The summed E-state index contributed by atoms with van der Waals surface area (Å²) in [5, 5.41) is 7.20. The maximum atomic E-state index is 2.92. The van der Waals surface area contributed by atoms with Crippen LogP contribution in [0.15, 0.2) is 95.3 Å². The van der Waals surface area contributed by atoms with E-state index in [0.717, 1.165) is 11.1 Å². The Morgan fingerprint density at radius 3 is 1.21 bits per heavy atom. The Bertz CT molecular complexity index is 1940. The monoisotopic (exact) mass is 900 g/mol. The minimum atomic E-state index is -3.17. The number of hydrogen-bond donors (Lipinski definition) is 0. The first kappa shape index (κ1) is 35.6. The number of allylic oxidation sites excluding steroid dienone is 2. The molecular formula is C48H60HfSi3. The van der Waals surface area contributed by atoms with Crippen LogP contribution in [0.25, 0.3) is 34.4 Å². The van der Waals surface area contributed by atoms with E-state index >= 15 is 0 Å². The molecule has 268 valence electrons. The standard InChI is InChI=1S/C46H54Si3.2CH3.Hf/c1-47(2,3)37-25-21-33(22-26-37)43-19-11-13-35-29-41(31-45(35)43)49(39-15-7-8-16-39,40-17-9-10-18-40)42-30-36-14-12-20-44(46(36)32-42)34-23-27-38(28-24-34)48(4,5)6;;;/h11-14,19-32,39-40H,7-10,15-18H2,1-6H3;2*1H3;. The van der Waals surface area contributed by atoms with E-state index in [1.54, 1.807) is 32.6 Å². The van der Waals surface area contributed by atoms with E-state index in [9.17, 15) is 0 Å². The molecule has 2 atom stereocenters. The SMILES string of the molecule is C[Si](C)(C)c1ccc(-c2cccc3c2C=C2[CH]3[Hf]([CH3])([CH3])[CH]3C(=Cc4c(-c5ccc([Si](C)(C)C)cc5)cccc43)[Si]2(C2CCCC2)C2CCCC2)cc1. The summed E-state index contributed by atoms with van der Waals surface area (Å²) in [6.45, 7) is 14.8. The van der Waals surface area contributed by atoms with Crippen LogP contribution in [0.1, 0.15) is 81.0 Å². The van der Waals surface area contributed by atoms with Crippen molar-refractivity contribution in [2.24, 2.45) is 0 Å². The van der Waals surface area contributed by atoms with Gasteiger partial charge in [0.1, 0.15) is 0 Å². The molecule has 0 aromatic heterocycles. The molecule has 4 aromatic rings. The van der Waals surface area contributed by atoms with Gasteiger partial charge >= 0.3 is 325 Å². The Morgan fingerprint density at radius 2 is 0.865 bits per heavy atom. The average Bonchev–Trinajstić information content (AvgIpc) is 3.94. The van der Waals surface area contributed by atoms with Gasteiger partial charge in [-0.1, -0.05) is 0 Å². The van der Waals surface area contributed by atoms with Gasteiger partial charge in [-0.2, -0.15) is 0 Å². The molecule has 1 heterocycles. The van der Waals surface area contributed by atoms with Crippen molar-refractivity contribution >= 4 is 46.7 Å². The minimum absolute atomic E-state index is 0.712. The molecule has 3 fully saturated rings. The van der Waals surface area contributed by atoms with Gasteiger partial charge in [0.05, 0.1) is 0 Å². The number of rotatable bonds is 6. The number of benzene rings is 4. The average molecular weight is 900 g/mol. The molecule has 52 heavy (non-hydrogen) atoms. The third-order valence-corrected chi connectivity index (χ3v) is 42.6. The Hall–Kier alpha value is -2.12. The van der Waals surface area contributed by atoms with E-state index < -0.39 is 44.2 Å². The number of hydrogen-bond acceptors (Lipinski definition) is 0. The molecule has 2 unspecified atom stereocenters. The van der Waals surface area contributed by atoms with Crippen molar-refractivity contribution in [1.82, 2.24) is 0 Å². The second-order valence-electron chi connectivity index (χ2n) is 20.0.